The first-order valence-corrected chi connectivity index (χ1v) is 14.2. The molecule has 1 aliphatic carbocycles. The molecule has 1 saturated heterocycles. The third kappa shape index (κ3) is 5.32. The summed E-state index contributed by atoms with van der Waals surface area (Å²) in [5.74, 6) is 1.47. The Kier molecular flexibility index (Phi) is 7.27. The number of pyridine rings is 1. The molecule has 0 unspecified atom stereocenters. The lowest BCUT2D eigenvalue weighted by molar-refractivity contribution is -0.136. The van der Waals surface area contributed by atoms with Crippen LogP contribution in [-0.2, 0) is 24.5 Å². The predicted molar refractivity (Wildman–Crippen MR) is 148 cm³/mol. The van der Waals surface area contributed by atoms with Crippen LogP contribution in [0, 0.1) is 11.8 Å². The molecular formula is C30H35F3N6O2. The number of fused-ring (bicyclic) bond motifs is 1. The Hall–Kier alpha value is -3.44. The van der Waals surface area contributed by atoms with Crippen molar-refractivity contribution in [1.29, 1.82) is 0 Å². The summed E-state index contributed by atoms with van der Waals surface area (Å²) in [5.41, 5.74) is 0.420. The van der Waals surface area contributed by atoms with E-state index in [1.807, 2.05) is 29.8 Å². The molecule has 0 bridgehead atoms. The number of aryl methyl sites for hydroxylation is 1. The zero-order valence-corrected chi connectivity index (χ0v) is 23.5. The average molecular weight is 569 g/mol. The molecule has 4 heterocycles. The van der Waals surface area contributed by atoms with E-state index in [1.54, 1.807) is 25.7 Å². The minimum absolute atomic E-state index is 0.0918. The first-order valence-electron chi connectivity index (χ1n) is 14.2. The third-order valence-electron chi connectivity index (χ3n) is 8.74. The Labute approximate surface area is 236 Å². The predicted octanol–water partition coefficient (Wildman–Crippen LogP) is 5.03. The molecular weight excluding hydrogens is 533 g/mol. The van der Waals surface area contributed by atoms with Gasteiger partial charge in [-0.3, -0.25) is 13.9 Å². The molecule has 1 aliphatic heterocycles. The van der Waals surface area contributed by atoms with Crippen LogP contribution >= 0.6 is 0 Å². The molecule has 11 heteroatoms. The van der Waals surface area contributed by atoms with E-state index in [-0.39, 0.29) is 23.5 Å². The highest BCUT2D eigenvalue weighted by Gasteiger charge is 2.39. The van der Waals surface area contributed by atoms with Crippen LogP contribution in [0.3, 0.4) is 0 Å². The van der Waals surface area contributed by atoms with Crippen molar-refractivity contribution in [2.24, 2.45) is 18.9 Å². The molecule has 41 heavy (non-hydrogen) atoms. The minimum Gasteiger partial charge on any atom is -0.381 e. The number of benzene rings is 1. The topological polar surface area (TPSA) is 69.6 Å². The van der Waals surface area contributed by atoms with Gasteiger partial charge in [-0.25, -0.2) is 4.79 Å². The third-order valence-corrected chi connectivity index (χ3v) is 8.74. The van der Waals surface area contributed by atoms with Crippen LogP contribution < -0.4 is 5.69 Å². The number of imidazole rings is 1. The Bertz CT molecular complexity index is 1600. The summed E-state index contributed by atoms with van der Waals surface area (Å²) in [4.78, 5) is 15.8. The lowest BCUT2D eigenvalue weighted by atomic mass is 9.70. The van der Waals surface area contributed by atoms with Crippen LogP contribution in [0.5, 0.6) is 0 Å². The van der Waals surface area contributed by atoms with Crippen molar-refractivity contribution in [1.82, 2.24) is 28.6 Å². The van der Waals surface area contributed by atoms with Crippen molar-refractivity contribution in [3.05, 3.63) is 82.1 Å². The van der Waals surface area contributed by atoms with Crippen molar-refractivity contribution >= 4 is 5.52 Å². The number of hydrogen-bond donors (Lipinski definition) is 0. The van der Waals surface area contributed by atoms with E-state index in [4.69, 9.17) is 4.74 Å². The van der Waals surface area contributed by atoms with Gasteiger partial charge in [0.2, 0.25) is 0 Å². The summed E-state index contributed by atoms with van der Waals surface area (Å²) in [6.45, 7) is 4.21. The van der Waals surface area contributed by atoms with E-state index in [2.05, 4.69) is 22.0 Å². The van der Waals surface area contributed by atoms with Gasteiger partial charge in [-0.1, -0.05) is 19.1 Å². The Morgan fingerprint density at radius 2 is 1.98 bits per heavy atom. The zero-order valence-electron chi connectivity index (χ0n) is 23.5. The van der Waals surface area contributed by atoms with Gasteiger partial charge < -0.3 is 9.30 Å². The van der Waals surface area contributed by atoms with E-state index in [9.17, 15) is 18.0 Å². The van der Waals surface area contributed by atoms with Crippen LogP contribution in [-0.4, -0.2) is 54.9 Å². The van der Waals surface area contributed by atoms with Gasteiger partial charge in [0.15, 0.2) is 0 Å². The maximum atomic E-state index is 14.3. The molecule has 2 atom stereocenters. The molecule has 0 radical (unpaired) electrons. The number of likely N-dealkylation sites (tertiary alicyclic amines) is 1. The van der Waals surface area contributed by atoms with Crippen molar-refractivity contribution in [2.45, 2.75) is 57.3 Å². The fraction of sp³-hybridized carbons (Fsp3) is 0.500. The second-order valence-electron chi connectivity index (χ2n) is 11.7. The summed E-state index contributed by atoms with van der Waals surface area (Å²) < 4.78 is 52.7. The number of ether oxygens (including phenoxy) is 1. The maximum Gasteiger partial charge on any atom is 0.418 e. The van der Waals surface area contributed by atoms with Crippen LogP contribution in [0.2, 0.25) is 0 Å². The number of alkyl halides is 3. The summed E-state index contributed by atoms with van der Waals surface area (Å²) in [6, 6.07) is 8.64. The molecule has 3 aromatic heterocycles. The summed E-state index contributed by atoms with van der Waals surface area (Å²) in [6.07, 6.45) is 3.97. The van der Waals surface area contributed by atoms with Gasteiger partial charge in [0.1, 0.15) is 12.2 Å². The lowest BCUT2D eigenvalue weighted by Gasteiger charge is -2.39. The van der Waals surface area contributed by atoms with Gasteiger partial charge in [0.25, 0.3) is 0 Å². The molecule has 2 fully saturated rings. The summed E-state index contributed by atoms with van der Waals surface area (Å²) >= 11 is 0. The van der Waals surface area contributed by atoms with E-state index in [0.29, 0.717) is 23.7 Å². The van der Waals surface area contributed by atoms with Gasteiger partial charge in [-0.2, -0.15) is 13.2 Å². The van der Waals surface area contributed by atoms with E-state index in [0.717, 1.165) is 54.6 Å². The second kappa shape index (κ2) is 10.8. The van der Waals surface area contributed by atoms with Crippen molar-refractivity contribution in [2.75, 3.05) is 20.2 Å². The first kappa shape index (κ1) is 27.7. The van der Waals surface area contributed by atoms with Crippen LogP contribution in [0.4, 0.5) is 13.2 Å². The highest BCUT2D eigenvalue weighted by molar-refractivity contribution is 5.58. The van der Waals surface area contributed by atoms with Gasteiger partial charge in [-0.15, -0.1) is 10.2 Å². The monoisotopic (exact) mass is 568 g/mol. The van der Waals surface area contributed by atoms with Crippen LogP contribution in [0.1, 0.15) is 61.0 Å². The fourth-order valence-corrected chi connectivity index (χ4v) is 6.58. The summed E-state index contributed by atoms with van der Waals surface area (Å²) in [5, 5.41) is 8.44. The number of rotatable bonds is 7. The standard InChI is InChI=1S/C30H35F3N6O2/c1-19-6-5-9-37(14-19)15-20-10-25(30(31,32)33)26-17-38(29(40)39(26)16-20)23-8-4-7-21(11-23)27(22-12-24(13-22)41-3)28-35-34-18-36(28)2/h4,7-8,10-11,16-19,22,24,27H,5-6,9,12-15H2,1-3H3/t19-,22-,24+,27-/m0/s1. The largest absolute Gasteiger partial charge is 0.418 e. The molecule has 6 rings (SSSR count). The number of piperidine rings is 1. The SMILES string of the molecule is CO[C@H]1C[C@@H]([C@H](c2cccc(-n3cc4c(C(F)(F)F)cc(CN5CCC[C@H](C)C5)cn4c3=O)c2)c2nncn2C)C1. The molecule has 218 valence electrons. The smallest absolute Gasteiger partial charge is 0.381 e. The van der Waals surface area contributed by atoms with Crippen LogP contribution in [0.15, 0.2) is 53.8 Å². The fourth-order valence-electron chi connectivity index (χ4n) is 6.58. The molecule has 8 nitrogen and oxygen atoms in total. The zero-order chi connectivity index (χ0) is 28.9. The molecule has 0 spiro atoms. The molecule has 1 saturated carbocycles. The molecule has 0 amide bonds. The molecule has 0 N–H and O–H groups in total. The highest BCUT2D eigenvalue weighted by Crippen LogP contribution is 2.44. The Morgan fingerprint density at radius 1 is 1.17 bits per heavy atom. The number of methoxy groups -OCH3 is 1. The Morgan fingerprint density at radius 3 is 2.66 bits per heavy atom. The van der Waals surface area contributed by atoms with E-state index >= 15 is 0 Å². The van der Waals surface area contributed by atoms with Gasteiger partial charge in [0.05, 0.1) is 22.9 Å². The van der Waals surface area contributed by atoms with E-state index < -0.39 is 17.4 Å². The second-order valence-corrected chi connectivity index (χ2v) is 11.7. The number of aromatic nitrogens is 5. The average Bonchev–Trinajstić information content (AvgIpc) is 3.47. The van der Waals surface area contributed by atoms with Crippen molar-refractivity contribution in [3.63, 3.8) is 0 Å². The van der Waals surface area contributed by atoms with Crippen LogP contribution in [0.25, 0.3) is 11.2 Å². The summed E-state index contributed by atoms with van der Waals surface area (Å²) in [7, 11) is 3.60. The number of nitrogens with zero attached hydrogens (tertiary/aromatic N) is 6. The molecule has 1 aromatic carbocycles. The van der Waals surface area contributed by atoms with Gasteiger partial charge in [0, 0.05) is 45.6 Å². The van der Waals surface area contributed by atoms with Crippen molar-refractivity contribution < 1.29 is 17.9 Å². The lowest BCUT2D eigenvalue weighted by Crippen LogP contribution is -2.35. The van der Waals surface area contributed by atoms with E-state index in [1.165, 1.54) is 16.8 Å². The molecule has 4 aromatic rings. The van der Waals surface area contributed by atoms with Gasteiger partial charge >= 0.3 is 11.9 Å². The highest BCUT2D eigenvalue weighted by atomic mass is 19.4. The normalized spacial score (nSPS) is 22.6. The quantitative estimate of drug-likeness (QED) is 0.313. The van der Waals surface area contributed by atoms with Gasteiger partial charge in [-0.05, 0) is 73.4 Å². The van der Waals surface area contributed by atoms with Crippen molar-refractivity contribution in [3.8, 4) is 5.69 Å². The Balaban J connectivity index is 1.41. The maximum absolute atomic E-state index is 14.3. The number of halogens is 3. The minimum atomic E-state index is -4.60. The molecule has 2 aliphatic rings. The first-order chi connectivity index (χ1) is 19.6. The number of hydrogen-bond acceptors (Lipinski definition) is 5.